The summed E-state index contributed by atoms with van der Waals surface area (Å²) >= 11 is 7.37. The van der Waals surface area contributed by atoms with Crippen LogP contribution in [0.1, 0.15) is 6.42 Å². The number of carbonyl (C=O) groups is 1. The van der Waals surface area contributed by atoms with Crippen LogP contribution < -0.4 is 10.0 Å². The molecular weight excluding hydrogens is 380 g/mol. The Kier molecular flexibility index (Phi) is 7.31. The van der Waals surface area contributed by atoms with Gasteiger partial charge in [0.2, 0.25) is 15.9 Å². The molecule has 2 N–H and O–H groups in total. The molecule has 25 heavy (non-hydrogen) atoms. The third-order valence-electron chi connectivity index (χ3n) is 3.39. The van der Waals surface area contributed by atoms with Crippen LogP contribution in [0.4, 0.5) is 5.69 Å². The highest BCUT2D eigenvalue weighted by Gasteiger charge is 2.25. The lowest BCUT2D eigenvalue weighted by Crippen LogP contribution is -2.44. The largest absolute Gasteiger partial charge is 0.325 e. The van der Waals surface area contributed by atoms with Crippen molar-refractivity contribution in [1.82, 2.24) is 4.72 Å². The lowest BCUT2D eigenvalue weighted by molar-refractivity contribution is -0.117. The first-order valence-electron chi connectivity index (χ1n) is 7.55. The summed E-state index contributed by atoms with van der Waals surface area (Å²) in [7, 11) is -3.78. The Bertz CT molecular complexity index is 796. The molecule has 0 radical (unpaired) electrons. The molecule has 1 atom stereocenters. The summed E-state index contributed by atoms with van der Waals surface area (Å²) in [6.45, 7) is 0. The van der Waals surface area contributed by atoms with Gasteiger partial charge in [-0.3, -0.25) is 4.79 Å². The van der Waals surface area contributed by atoms with Gasteiger partial charge in [0.1, 0.15) is 6.04 Å². The summed E-state index contributed by atoms with van der Waals surface area (Å²) in [6.07, 6.45) is 2.28. The van der Waals surface area contributed by atoms with Crippen LogP contribution in [0.3, 0.4) is 0 Å². The zero-order chi connectivity index (χ0) is 18.3. The van der Waals surface area contributed by atoms with Crippen LogP contribution in [0.2, 0.25) is 5.02 Å². The van der Waals surface area contributed by atoms with Crippen LogP contribution in [-0.2, 0) is 14.8 Å². The third-order valence-corrected chi connectivity index (χ3v) is 5.77. The number of sulfonamides is 1. The van der Waals surface area contributed by atoms with Crippen molar-refractivity contribution in [2.24, 2.45) is 0 Å². The maximum absolute atomic E-state index is 12.5. The second-order valence-corrected chi connectivity index (χ2v) is 8.40. The van der Waals surface area contributed by atoms with Crippen LogP contribution >= 0.6 is 23.4 Å². The fourth-order valence-electron chi connectivity index (χ4n) is 2.10. The van der Waals surface area contributed by atoms with Gasteiger partial charge in [0, 0.05) is 10.7 Å². The quantitative estimate of drug-likeness (QED) is 0.714. The number of thioether (sulfide) groups is 1. The molecule has 2 aromatic carbocycles. The van der Waals surface area contributed by atoms with Gasteiger partial charge in [0.25, 0.3) is 0 Å². The molecule has 1 amide bonds. The molecule has 0 saturated heterocycles. The molecule has 2 rings (SSSR count). The van der Waals surface area contributed by atoms with Gasteiger partial charge in [0.15, 0.2) is 0 Å². The Hall–Kier alpha value is -1.54. The number of benzene rings is 2. The SMILES string of the molecule is CSCC[C@@H](NS(=O)(=O)c1ccccc1)C(=O)Nc1ccc(Cl)cc1. The molecule has 2 aromatic rings. The van der Waals surface area contributed by atoms with Gasteiger partial charge >= 0.3 is 0 Å². The Morgan fingerprint density at radius 2 is 1.76 bits per heavy atom. The highest BCUT2D eigenvalue weighted by atomic mass is 35.5. The fraction of sp³-hybridized carbons (Fsp3) is 0.235. The van der Waals surface area contributed by atoms with Crippen molar-refractivity contribution in [3.8, 4) is 0 Å². The van der Waals surface area contributed by atoms with E-state index in [0.29, 0.717) is 22.9 Å². The summed E-state index contributed by atoms with van der Waals surface area (Å²) in [5, 5.41) is 3.28. The summed E-state index contributed by atoms with van der Waals surface area (Å²) in [6, 6.07) is 13.8. The minimum atomic E-state index is -3.78. The molecule has 134 valence electrons. The van der Waals surface area contributed by atoms with Crippen molar-refractivity contribution >= 4 is 45.0 Å². The van der Waals surface area contributed by atoms with Crippen molar-refractivity contribution < 1.29 is 13.2 Å². The van der Waals surface area contributed by atoms with Crippen LogP contribution in [0.5, 0.6) is 0 Å². The molecule has 8 heteroatoms. The Morgan fingerprint density at radius 1 is 1.12 bits per heavy atom. The van der Waals surface area contributed by atoms with Crippen molar-refractivity contribution in [2.75, 3.05) is 17.3 Å². The van der Waals surface area contributed by atoms with E-state index in [-0.39, 0.29) is 4.90 Å². The van der Waals surface area contributed by atoms with Crippen molar-refractivity contribution in [3.63, 3.8) is 0 Å². The molecule has 0 unspecified atom stereocenters. The number of anilines is 1. The summed E-state index contributed by atoms with van der Waals surface area (Å²) in [4.78, 5) is 12.7. The van der Waals surface area contributed by atoms with Crippen molar-refractivity contribution in [3.05, 3.63) is 59.6 Å². The van der Waals surface area contributed by atoms with E-state index in [1.807, 2.05) is 6.26 Å². The average molecular weight is 399 g/mol. The molecule has 0 aliphatic carbocycles. The lowest BCUT2D eigenvalue weighted by atomic mass is 10.2. The molecule has 0 saturated carbocycles. The zero-order valence-corrected chi connectivity index (χ0v) is 16.0. The minimum Gasteiger partial charge on any atom is -0.325 e. The van der Waals surface area contributed by atoms with E-state index in [1.54, 1.807) is 54.2 Å². The van der Waals surface area contributed by atoms with Gasteiger partial charge in [-0.05, 0) is 54.8 Å². The Labute approximate surface area is 157 Å². The first kappa shape index (κ1) is 19.8. The Balaban J connectivity index is 2.14. The maximum atomic E-state index is 12.5. The van der Waals surface area contributed by atoms with Gasteiger partial charge in [-0.15, -0.1) is 0 Å². The predicted octanol–water partition coefficient (Wildman–Crippen LogP) is 3.38. The summed E-state index contributed by atoms with van der Waals surface area (Å²) < 4.78 is 27.5. The first-order chi connectivity index (χ1) is 11.9. The molecule has 5 nitrogen and oxygen atoms in total. The summed E-state index contributed by atoms with van der Waals surface area (Å²) in [5.41, 5.74) is 0.558. The van der Waals surface area contributed by atoms with E-state index < -0.39 is 22.0 Å². The van der Waals surface area contributed by atoms with Gasteiger partial charge in [-0.25, -0.2) is 8.42 Å². The maximum Gasteiger partial charge on any atom is 0.242 e. The summed E-state index contributed by atoms with van der Waals surface area (Å²) in [5.74, 6) is 0.242. The molecule has 0 bridgehead atoms. The lowest BCUT2D eigenvalue weighted by Gasteiger charge is -2.18. The van der Waals surface area contributed by atoms with Gasteiger partial charge in [-0.1, -0.05) is 29.8 Å². The molecule has 0 aromatic heterocycles. The molecule has 0 aliphatic heterocycles. The van der Waals surface area contributed by atoms with Crippen LogP contribution in [0.15, 0.2) is 59.5 Å². The second-order valence-electron chi connectivity index (χ2n) is 5.26. The molecular formula is C17H19ClN2O3S2. The number of hydrogen-bond acceptors (Lipinski definition) is 4. The molecule has 0 aliphatic rings. The van der Waals surface area contributed by atoms with Gasteiger partial charge in [-0.2, -0.15) is 16.5 Å². The normalized spacial score (nSPS) is 12.6. The minimum absolute atomic E-state index is 0.128. The molecule has 0 heterocycles. The molecule has 0 fully saturated rings. The van der Waals surface area contributed by atoms with E-state index >= 15 is 0 Å². The fourth-order valence-corrected chi connectivity index (χ4v) is 3.95. The van der Waals surface area contributed by atoms with Crippen LogP contribution in [0, 0.1) is 0 Å². The second kappa shape index (κ2) is 9.24. The standard InChI is InChI=1S/C17H19ClN2O3S2/c1-24-12-11-16(17(21)19-14-9-7-13(18)8-10-14)20-25(22,23)15-5-3-2-4-6-15/h2-10,16,20H,11-12H2,1H3,(H,19,21)/t16-/m1/s1. The molecule has 0 spiro atoms. The Morgan fingerprint density at radius 3 is 2.36 bits per heavy atom. The van der Waals surface area contributed by atoms with E-state index in [4.69, 9.17) is 11.6 Å². The van der Waals surface area contributed by atoms with Crippen LogP contribution in [-0.4, -0.2) is 32.4 Å². The number of halogens is 1. The van der Waals surface area contributed by atoms with Crippen molar-refractivity contribution in [2.45, 2.75) is 17.4 Å². The number of rotatable bonds is 8. The highest BCUT2D eigenvalue weighted by molar-refractivity contribution is 7.98. The van der Waals surface area contributed by atoms with Gasteiger partial charge < -0.3 is 5.32 Å². The van der Waals surface area contributed by atoms with Gasteiger partial charge in [0.05, 0.1) is 4.90 Å². The van der Waals surface area contributed by atoms with Crippen molar-refractivity contribution in [1.29, 1.82) is 0 Å². The number of amides is 1. The predicted molar refractivity (Wildman–Crippen MR) is 104 cm³/mol. The van der Waals surface area contributed by atoms with E-state index in [9.17, 15) is 13.2 Å². The van der Waals surface area contributed by atoms with Crippen LogP contribution in [0.25, 0.3) is 0 Å². The first-order valence-corrected chi connectivity index (χ1v) is 10.8. The monoisotopic (exact) mass is 398 g/mol. The average Bonchev–Trinajstić information content (AvgIpc) is 2.61. The van der Waals surface area contributed by atoms with E-state index in [2.05, 4.69) is 10.0 Å². The number of hydrogen-bond donors (Lipinski definition) is 2. The third kappa shape index (κ3) is 6.04. The smallest absolute Gasteiger partial charge is 0.242 e. The van der Waals surface area contributed by atoms with E-state index in [0.717, 1.165) is 0 Å². The highest BCUT2D eigenvalue weighted by Crippen LogP contribution is 2.15. The zero-order valence-electron chi connectivity index (χ0n) is 13.6. The topological polar surface area (TPSA) is 75.3 Å². The number of nitrogens with one attached hydrogen (secondary N) is 2. The number of carbonyl (C=O) groups excluding carboxylic acids is 1. The van der Waals surface area contributed by atoms with E-state index in [1.165, 1.54) is 12.1 Å².